The Morgan fingerprint density at radius 1 is 1.00 bits per heavy atom. The number of carboxylic acid groups (broad SMARTS) is 1. The largest absolute Gasteiger partial charge is 0.481 e. The summed E-state index contributed by atoms with van der Waals surface area (Å²) in [6.07, 6.45) is 3.13. The Hall–Kier alpha value is -4.00. The Balaban J connectivity index is 1.47. The van der Waals surface area contributed by atoms with Crippen LogP contribution >= 0.6 is 0 Å². The topological polar surface area (TPSA) is 108 Å². The predicted molar refractivity (Wildman–Crippen MR) is 136 cm³/mol. The van der Waals surface area contributed by atoms with Gasteiger partial charge in [-0.2, -0.15) is 0 Å². The van der Waals surface area contributed by atoms with Crippen LogP contribution in [0, 0.1) is 19.3 Å². The molecule has 2 aromatic carbocycles. The van der Waals surface area contributed by atoms with E-state index in [-0.39, 0.29) is 18.2 Å². The molecule has 2 amide bonds. The summed E-state index contributed by atoms with van der Waals surface area (Å²) in [6, 6.07) is 14.7. The highest BCUT2D eigenvalue weighted by Crippen LogP contribution is 2.42. The number of nitrogens with zero attached hydrogens (tertiary/aromatic N) is 1. The lowest BCUT2D eigenvalue weighted by Crippen LogP contribution is -2.37. The molecule has 0 spiro atoms. The van der Waals surface area contributed by atoms with E-state index in [1.807, 2.05) is 57.2 Å². The molecule has 7 heteroatoms. The minimum absolute atomic E-state index is 0.0856. The number of aromatic nitrogens is 1. The van der Waals surface area contributed by atoms with E-state index in [9.17, 15) is 19.5 Å². The molecular weight excluding hydrogens is 442 g/mol. The lowest BCUT2D eigenvalue weighted by Gasteiger charge is -2.34. The van der Waals surface area contributed by atoms with Crippen molar-refractivity contribution in [3.8, 4) is 11.3 Å². The van der Waals surface area contributed by atoms with Gasteiger partial charge in [-0.15, -0.1) is 0 Å². The second kappa shape index (κ2) is 9.70. The minimum atomic E-state index is -0.944. The maximum Gasteiger partial charge on any atom is 0.323 e. The Kier molecular flexibility index (Phi) is 6.69. The van der Waals surface area contributed by atoms with Crippen molar-refractivity contribution in [2.24, 2.45) is 5.41 Å². The zero-order valence-electron chi connectivity index (χ0n) is 20.1. The monoisotopic (exact) mass is 471 g/mol. The highest BCUT2D eigenvalue weighted by Gasteiger charge is 2.42. The molecule has 35 heavy (non-hydrogen) atoms. The molecule has 1 aliphatic carbocycles. The van der Waals surface area contributed by atoms with Gasteiger partial charge in [0.05, 0.1) is 24.0 Å². The Morgan fingerprint density at radius 3 is 2.34 bits per heavy atom. The van der Waals surface area contributed by atoms with Crippen LogP contribution in [0.15, 0.2) is 54.7 Å². The van der Waals surface area contributed by atoms with Gasteiger partial charge in [-0.1, -0.05) is 25.1 Å². The fourth-order valence-electron chi connectivity index (χ4n) is 4.85. The molecule has 1 aliphatic rings. The summed E-state index contributed by atoms with van der Waals surface area (Å²) < 4.78 is 0. The molecule has 0 aliphatic heterocycles. The van der Waals surface area contributed by atoms with Crippen molar-refractivity contribution >= 4 is 29.2 Å². The van der Waals surface area contributed by atoms with Crippen molar-refractivity contribution < 1.29 is 19.5 Å². The third kappa shape index (κ3) is 5.24. The molecule has 0 radical (unpaired) electrons. The Morgan fingerprint density at radius 2 is 1.71 bits per heavy atom. The standard InChI is InChI=1S/C28H29N3O4/c1-4-28(15-25(32)33)10-9-19-14-20(5-7-23(19)26(28)34)24-8-6-21(16-29-24)30-27(35)31-22-12-17(2)11-18(3)13-22/h5-8,11-14,16H,4,9-10,15H2,1-3H3,(H,32,33)(H2,30,31,35). The molecule has 1 unspecified atom stereocenters. The van der Waals surface area contributed by atoms with E-state index in [0.717, 1.165) is 33.6 Å². The lowest BCUT2D eigenvalue weighted by molar-refractivity contribution is -0.139. The van der Waals surface area contributed by atoms with Crippen LogP contribution in [0.2, 0.25) is 0 Å². The molecule has 0 saturated carbocycles. The number of aliphatic carboxylic acids is 1. The molecular formula is C28H29N3O4. The number of fused-ring (bicyclic) bond motifs is 1. The van der Waals surface area contributed by atoms with E-state index in [1.165, 1.54) is 0 Å². The molecule has 7 nitrogen and oxygen atoms in total. The fraction of sp³-hybridized carbons (Fsp3) is 0.286. The highest BCUT2D eigenvalue weighted by molar-refractivity contribution is 6.04. The molecule has 180 valence electrons. The summed E-state index contributed by atoms with van der Waals surface area (Å²) in [4.78, 5) is 41.4. The number of ketones is 1. The van der Waals surface area contributed by atoms with E-state index in [0.29, 0.717) is 30.5 Å². The maximum atomic E-state index is 13.1. The van der Waals surface area contributed by atoms with E-state index in [2.05, 4.69) is 15.6 Å². The van der Waals surface area contributed by atoms with E-state index >= 15 is 0 Å². The number of aryl methyl sites for hydroxylation is 3. The molecule has 4 rings (SSSR count). The van der Waals surface area contributed by atoms with Crippen LogP contribution in [-0.4, -0.2) is 27.9 Å². The van der Waals surface area contributed by atoms with E-state index in [1.54, 1.807) is 18.3 Å². The third-order valence-corrected chi connectivity index (χ3v) is 6.67. The zero-order valence-corrected chi connectivity index (χ0v) is 20.1. The first-order valence-electron chi connectivity index (χ1n) is 11.7. The first-order chi connectivity index (χ1) is 16.7. The van der Waals surface area contributed by atoms with E-state index < -0.39 is 11.4 Å². The molecule has 0 saturated heterocycles. The average Bonchev–Trinajstić information content (AvgIpc) is 2.80. The van der Waals surface area contributed by atoms with Crippen LogP contribution in [0.4, 0.5) is 16.2 Å². The van der Waals surface area contributed by atoms with Gasteiger partial charge in [0.25, 0.3) is 0 Å². The number of Topliss-reactive ketones (excluding diaryl/α,β-unsaturated/α-hetero) is 1. The SMILES string of the molecule is CCC1(CC(=O)O)CCc2cc(-c3ccc(NC(=O)Nc4cc(C)cc(C)c4)cn3)ccc2C1=O. The van der Waals surface area contributed by atoms with Crippen molar-refractivity contribution in [1.82, 2.24) is 4.98 Å². The van der Waals surface area contributed by atoms with Gasteiger partial charge in [-0.05, 0) is 80.1 Å². The molecule has 0 fully saturated rings. The van der Waals surface area contributed by atoms with Crippen molar-refractivity contribution in [3.63, 3.8) is 0 Å². The number of hydrogen-bond acceptors (Lipinski definition) is 4. The first kappa shape index (κ1) is 24.1. The fourth-order valence-corrected chi connectivity index (χ4v) is 4.85. The molecule has 1 heterocycles. The van der Waals surface area contributed by atoms with Gasteiger partial charge in [0, 0.05) is 22.2 Å². The van der Waals surface area contributed by atoms with Crippen LogP contribution in [0.1, 0.15) is 53.2 Å². The number of carboxylic acids is 1. The van der Waals surface area contributed by atoms with Gasteiger partial charge < -0.3 is 15.7 Å². The molecule has 3 aromatic rings. The van der Waals surface area contributed by atoms with Crippen LogP contribution in [-0.2, 0) is 11.2 Å². The lowest BCUT2D eigenvalue weighted by atomic mass is 9.67. The summed E-state index contributed by atoms with van der Waals surface area (Å²) in [6.45, 7) is 5.83. The number of anilines is 2. The summed E-state index contributed by atoms with van der Waals surface area (Å²) in [5, 5.41) is 14.9. The maximum absolute atomic E-state index is 13.1. The molecule has 1 atom stereocenters. The second-order valence-corrected chi connectivity index (χ2v) is 9.29. The quantitative estimate of drug-likeness (QED) is 0.408. The summed E-state index contributed by atoms with van der Waals surface area (Å²) >= 11 is 0. The number of nitrogens with one attached hydrogen (secondary N) is 2. The first-order valence-corrected chi connectivity index (χ1v) is 11.7. The van der Waals surface area contributed by atoms with Gasteiger partial charge >= 0.3 is 12.0 Å². The van der Waals surface area contributed by atoms with Crippen molar-refractivity contribution in [2.45, 2.75) is 46.5 Å². The number of rotatable bonds is 6. The van der Waals surface area contributed by atoms with Gasteiger partial charge in [0.1, 0.15) is 0 Å². The molecule has 1 aromatic heterocycles. The van der Waals surface area contributed by atoms with Crippen molar-refractivity contribution in [1.29, 1.82) is 0 Å². The number of carbonyl (C=O) groups is 3. The summed E-state index contributed by atoms with van der Waals surface area (Å²) in [5.41, 5.74) is 5.70. The van der Waals surface area contributed by atoms with Gasteiger partial charge in [-0.25, -0.2) is 4.79 Å². The highest BCUT2D eigenvalue weighted by atomic mass is 16.4. The van der Waals surface area contributed by atoms with Gasteiger partial charge in [0.2, 0.25) is 0 Å². The summed E-state index contributed by atoms with van der Waals surface area (Å²) in [5.74, 6) is -1.03. The smallest absolute Gasteiger partial charge is 0.323 e. The number of carbonyl (C=O) groups excluding carboxylic acids is 2. The summed E-state index contributed by atoms with van der Waals surface area (Å²) in [7, 11) is 0. The minimum Gasteiger partial charge on any atom is -0.481 e. The number of amides is 2. The molecule has 0 bridgehead atoms. The second-order valence-electron chi connectivity index (χ2n) is 9.29. The van der Waals surface area contributed by atoms with E-state index in [4.69, 9.17) is 0 Å². The normalized spacial score (nSPS) is 16.9. The van der Waals surface area contributed by atoms with Crippen molar-refractivity contribution in [2.75, 3.05) is 10.6 Å². The Bertz CT molecular complexity index is 1280. The number of hydrogen-bond donors (Lipinski definition) is 3. The van der Waals surface area contributed by atoms with Crippen LogP contribution < -0.4 is 10.6 Å². The van der Waals surface area contributed by atoms with Crippen LogP contribution in [0.25, 0.3) is 11.3 Å². The third-order valence-electron chi connectivity index (χ3n) is 6.67. The van der Waals surface area contributed by atoms with Crippen LogP contribution in [0.5, 0.6) is 0 Å². The van der Waals surface area contributed by atoms with Gasteiger partial charge in [-0.3, -0.25) is 14.6 Å². The number of pyridine rings is 1. The number of urea groups is 1. The Labute approximate surface area is 204 Å². The predicted octanol–water partition coefficient (Wildman–Crippen LogP) is 6.01. The van der Waals surface area contributed by atoms with Gasteiger partial charge in [0.15, 0.2) is 5.78 Å². The van der Waals surface area contributed by atoms with Crippen molar-refractivity contribution in [3.05, 3.63) is 77.0 Å². The zero-order chi connectivity index (χ0) is 25.2. The average molecular weight is 472 g/mol. The number of benzene rings is 2. The van der Waals surface area contributed by atoms with Crippen LogP contribution in [0.3, 0.4) is 0 Å². The molecule has 3 N–H and O–H groups in total.